The van der Waals surface area contributed by atoms with Crippen LogP contribution < -0.4 is 4.90 Å². The third-order valence-corrected chi connectivity index (χ3v) is 5.60. The number of sulfonamides is 1. The van der Waals surface area contributed by atoms with Crippen LogP contribution in [0.4, 0.5) is 5.82 Å². The average molecular weight is 339 g/mol. The van der Waals surface area contributed by atoms with Gasteiger partial charge in [-0.1, -0.05) is 0 Å². The second kappa shape index (κ2) is 6.40. The highest BCUT2D eigenvalue weighted by atomic mass is 32.2. The van der Waals surface area contributed by atoms with Crippen molar-refractivity contribution in [2.24, 2.45) is 0 Å². The van der Waals surface area contributed by atoms with Gasteiger partial charge in [-0.15, -0.1) is 10.2 Å². The van der Waals surface area contributed by atoms with Crippen molar-refractivity contribution in [3.05, 3.63) is 17.8 Å². The average Bonchev–Trinajstić information content (AvgIpc) is 3.08. The highest BCUT2D eigenvalue weighted by molar-refractivity contribution is 7.88. The summed E-state index contributed by atoms with van der Waals surface area (Å²) < 4.78 is 24.4. The van der Waals surface area contributed by atoms with Crippen LogP contribution in [0.15, 0.2) is 12.1 Å². The van der Waals surface area contributed by atoms with Gasteiger partial charge < -0.3 is 9.80 Å². The van der Waals surface area contributed by atoms with Gasteiger partial charge in [-0.2, -0.15) is 4.31 Å². The molecule has 1 aromatic heterocycles. The maximum Gasteiger partial charge on any atom is 0.274 e. The fourth-order valence-electron chi connectivity index (χ4n) is 2.94. The summed E-state index contributed by atoms with van der Waals surface area (Å²) in [7, 11) is -3.19. The fraction of sp³-hybridized carbons (Fsp3) is 0.643. The van der Waals surface area contributed by atoms with E-state index < -0.39 is 10.0 Å². The van der Waals surface area contributed by atoms with Crippen LogP contribution in [0.25, 0.3) is 0 Å². The number of hydrogen-bond acceptors (Lipinski definition) is 6. The molecule has 0 aromatic carbocycles. The Labute approximate surface area is 136 Å². The molecule has 0 aliphatic carbocycles. The number of carbonyl (C=O) groups is 1. The van der Waals surface area contributed by atoms with Crippen LogP contribution >= 0.6 is 0 Å². The minimum Gasteiger partial charge on any atom is -0.355 e. The van der Waals surface area contributed by atoms with E-state index >= 15 is 0 Å². The second-order valence-corrected chi connectivity index (χ2v) is 7.91. The molecule has 23 heavy (non-hydrogen) atoms. The van der Waals surface area contributed by atoms with Gasteiger partial charge in [-0.25, -0.2) is 8.42 Å². The summed E-state index contributed by atoms with van der Waals surface area (Å²) in [6, 6.07) is 3.53. The Hall–Kier alpha value is -1.74. The number of hydrogen-bond donors (Lipinski definition) is 0. The van der Waals surface area contributed by atoms with Crippen molar-refractivity contribution in [1.82, 2.24) is 19.4 Å². The van der Waals surface area contributed by atoms with Crippen molar-refractivity contribution in [2.45, 2.75) is 12.8 Å². The van der Waals surface area contributed by atoms with E-state index in [1.807, 2.05) is 6.07 Å². The van der Waals surface area contributed by atoms with E-state index in [1.165, 1.54) is 10.6 Å². The number of nitrogens with zero attached hydrogens (tertiary/aromatic N) is 5. The molecule has 1 amide bonds. The lowest BCUT2D eigenvalue weighted by Crippen LogP contribution is -2.50. The Morgan fingerprint density at radius 3 is 2.17 bits per heavy atom. The molecule has 0 N–H and O–H groups in total. The number of piperazine rings is 1. The number of carbonyl (C=O) groups excluding carboxylic acids is 1. The van der Waals surface area contributed by atoms with Crippen LogP contribution in [-0.2, 0) is 10.0 Å². The summed E-state index contributed by atoms with van der Waals surface area (Å²) >= 11 is 0. The molecule has 1 aromatic rings. The van der Waals surface area contributed by atoms with E-state index in [1.54, 1.807) is 11.0 Å². The second-order valence-electron chi connectivity index (χ2n) is 5.93. The molecule has 2 saturated heterocycles. The topological polar surface area (TPSA) is 86.7 Å². The van der Waals surface area contributed by atoms with E-state index in [9.17, 15) is 13.2 Å². The Kier molecular flexibility index (Phi) is 4.49. The number of amides is 1. The van der Waals surface area contributed by atoms with E-state index in [4.69, 9.17) is 0 Å². The van der Waals surface area contributed by atoms with Gasteiger partial charge in [0.2, 0.25) is 10.0 Å². The van der Waals surface area contributed by atoms with Crippen LogP contribution in [0, 0.1) is 0 Å². The molecule has 2 fully saturated rings. The van der Waals surface area contributed by atoms with Gasteiger partial charge in [-0.3, -0.25) is 4.79 Å². The van der Waals surface area contributed by atoms with Gasteiger partial charge in [0.15, 0.2) is 11.5 Å². The van der Waals surface area contributed by atoms with Gasteiger partial charge >= 0.3 is 0 Å². The zero-order valence-electron chi connectivity index (χ0n) is 13.2. The number of rotatable bonds is 3. The first-order valence-electron chi connectivity index (χ1n) is 7.78. The first-order valence-corrected chi connectivity index (χ1v) is 9.63. The van der Waals surface area contributed by atoms with Crippen LogP contribution in [-0.4, -0.2) is 79.3 Å². The minimum atomic E-state index is -3.19. The molecule has 126 valence electrons. The lowest BCUT2D eigenvalue weighted by molar-refractivity contribution is 0.0691. The first kappa shape index (κ1) is 16.1. The summed E-state index contributed by atoms with van der Waals surface area (Å²) in [5.74, 6) is 0.611. The van der Waals surface area contributed by atoms with Crippen molar-refractivity contribution >= 4 is 21.7 Å². The monoisotopic (exact) mass is 339 g/mol. The molecule has 0 saturated carbocycles. The summed E-state index contributed by atoms with van der Waals surface area (Å²) in [4.78, 5) is 16.2. The highest BCUT2D eigenvalue weighted by Gasteiger charge is 2.27. The van der Waals surface area contributed by atoms with Gasteiger partial charge in [0.05, 0.1) is 6.26 Å². The predicted molar refractivity (Wildman–Crippen MR) is 85.8 cm³/mol. The zero-order chi connectivity index (χ0) is 16.4. The molecule has 0 bridgehead atoms. The van der Waals surface area contributed by atoms with E-state index in [0.29, 0.717) is 31.9 Å². The standard InChI is InChI=1S/C14H21N5O3S/c1-23(21,22)19-10-8-18(9-11-19)14(20)12-4-5-13(16-15-12)17-6-2-3-7-17/h4-5H,2-3,6-11H2,1H3. The quantitative estimate of drug-likeness (QED) is 0.758. The molecule has 0 radical (unpaired) electrons. The first-order chi connectivity index (χ1) is 10.9. The molecule has 3 heterocycles. The van der Waals surface area contributed by atoms with E-state index in [2.05, 4.69) is 15.1 Å². The van der Waals surface area contributed by atoms with E-state index in [0.717, 1.165) is 31.7 Å². The summed E-state index contributed by atoms with van der Waals surface area (Å²) in [5.41, 5.74) is 0.306. The maximum absolute atomic E-state index is 12.4. The predicted octanol–water partition coefficient (Wildman–Crippen LogP) is -0.206. The fourth-order valence-corrected chi connectivity index (χ4v) is 3.77. The molecule has 0 spiro atoms. The lowest BCUT2D eigenvalue weighted by atomic mass is 10.3. The van der Waals surface area contributed by atoms with E-state index in [-0.39, 0.29) is 5.91 Å². The van der Waals surface area contributed by atoms with Gasteiger partial charge in [-0.05, 0) is 25.0 Å². The van der Waals surface area contributed by atoms with Crippen molar-refractivity contribution in [3.8, 4) is 0 Å². The van der Waals surface area contributed by atoms with Crippen LogP contribution in [0.1, 0.15) is 23.3 Å². The molecule has 2 aliphatic rings. The third kappa shape index (κ3) is 3.61. The third-order valence-electron chi connectivity index (χ3n) is 4.29. The Morgan fingerprint density at radius 1 is 1.00 bits per heavy atom. The zero-order valence-corrected chi connectivity index (χ0v) is 14.0. The largest absolute Gasteiger partial charge is 0.355 e. The molecule has 0 unspecified atom stereocenters. The molecule has 9 heteroatoms. The molecular weight excluding hydrogens is 318 g/mol. The van der Waals surface area contributed by atoms with Crippen LogP contribution in [0.5, 0.6) is 0 Å². The number of aromatic nitrogens is 2. The summed E-state index contributed by atoms with van der Waals surface area (Å²) in [5, 5.41) is 8.20. The molecule has 8 nitrogen and oxygen atoms in total. The molecule has 0 atom stereocenters. The van der Waals surface area contributed by atoms with Crippen molar-refractivity contribution in [1.29, 1.82) is 0 Å². The SMILES string of the molecule is CS(=O)(=O)N1CCN(C(=O)c2ccc(N3CCCC3)nn2)CC1. The Morgan fingerprint density at radius 2 is 1.65 bits per heavy atom. The van der Waals surface area contributed by atoms with Crippen LogP contribution in [0.2, 0.25) is 0 Å². The van der Waals surface area contributed by atoms with Crippen molar-refractivity contribution in [3.63, 3.8) is 0 Å². The van der Waals surface area contributed by atoms with Gasteiger partial charge in [0, 0.05) is 39.3 Å². The normalized spacial score (nSPS) is 20.0. The molecule has 3 rings (SSSR count). The highest BCUT2D eigenvalue weighted by Crippen LogP contribution is 2.17. The number of anilines is 1. The lowest BCUT2D eigenvalue weighted by Gasteiger charge is -2.32. The van der Waals surface area contributed by atoms with Crippen LogP contribution in [0.3, 0.4) is 0 Å². The van der Waals surface area contributed by atoms with Crippen molar-refractivity contribution in [2.75, 3.05) is 50.4 Å². The molecule has 2 aliphatic heterocycles. The Bertz CT molecular complexity index is 662. The maximum atomic E-state index is 12.4. The van der Waals surface area contributed by atoms with Gasteiger partial charge in [0.25, 0.3) is 5.91 Å². The molecular formula is C14H21N5O3S. The summed E-state index contributed by atoms with van der Waals surface area (Å²) in [6.07, 6.45) is 3.51. The van der Waals surface area contributed by atoms with Gasteiger partial charge in [0.1, 0.15) is 0 Å². The smallest absolute Gasteiger partial charge is 0.274 e. The minimum absolute atomic E-state index is 0.196. The summed E-state index contributed by atoms with van der Waals surface area (Å²) in [6.45, 7) is 3.36. The van der Waals surface area contributed by atoms with Crippen molar-refractivity contribution < 1.29 is 13.2 Å². The Balaban J connectivity index is 1.62.